The second-order valence-electron chi connectivity index (χ2n) is 8.14. The molecule has 0 aliphatic carbocycles. The normalized spacial score (nSPS) is 11.9. The Morgan fingerprint density at radius 3 is 2.06 bits per heavy atom. The molecule has 1 atom stereocenters. The van der Waals surface area contributed by atoms with Crippen molar-refractivity contribution < 1.29 is 28.6 Å². The predicted octanol–water partition coefficient (Wildman–Crippen LogP) is 4.07. The van der Waals surface area contributed by atoms with Gasteiger partial charge in [0.25, 0.3) is 0 Å². The highest BCUT2D eigenvalue weighted by molar-refractivity contribution is 5.86. The summed E-state index contributed by atoms with van der Waals surface area (Å²) in [6, 6.07) is 15.4. The van der Waals surface area contributed by atoms with Crippen LogP contribution in [0.15, 0.2) is 54.6 Å². The number of amides is 1. The fraction of sp³-hybridized carbons (Fsp3) is 0.375. The first-order valence-corrected chi connectivity index (χ1v) is 10.0. The van der Waals surface area contributed by atoms with E-state index >= 15 is 0 Å². The summed E-state index contributed by atoms with van der Waals surface area (Å²) in [4.78, 5) is 37.0. The zero-order chi connectivity index (χ0) is 22.9. The van der Waals surface area contributed by atoms with E-state index in [4.69, 9.17) is 14.2 Å². The Morgan fingerprint density at radius 2 is 1.45 bits per heavy atom. The molecular formula is C24H29NO6. The maximum absolute atomic E-state index is 12.6. The highest BCUT2D eigenvalue weighted by Gasteiger charge is 2.28. The minimum Gasteiger partial charge on any atom is -0.461 e. The van der Waals surface area contributed by atoms with Gasteiger partial charge >= 0.3 is 18.0 Å². The largest absolute Gasteiger partial charge is 0.461 e. The van der Waals surface area contributed by atoms with Crippen LogP contribution in [0.5, 0.6) is 0 Å². The molecule has 2 aromatic carbocycles. The van der Waals surface area contributed by atoms with Crippen LogP contribution in [0.4, 0.5) is 4.79 Å². The van der Waals surface area contributed by atoms with Gasteiger partial charge in [-0.15, -0.1) is 0 Å². The average molecular weight is 427 g/mol. The first-order chi connectivity index (χ1) is 14.6. The summed E-state index contributed by atoms with van der Waals surface area (Å²) in [5, 5.41) is 2.41. The molecule has 0 aromatic heterocycles. The van der Waals surface area contributed by atoms with Crippen molar-refractivity contribution in [1.82, 2.24) is 5.32 Å². The third-order valence-corrected chi connectivity index (χ3v) is 4.09. The number of rotatable bonds is 8. The highest BCUT2D eigenvalue weighted by atomic mass is 16.6. The molecule has 7 heteroatoms. The number of alkyl carbamates (subject to hydrolysis) is 1. The Hall–Kier alpha value is -3.35. The lowest BCUT2D eigenvalue weighted by atomic mass is 10.1. The van der Waals surface area contributed by atoms with Crippen molar-refractivity contribution in [3.05, 3.63) is 71.3 Å². The maximum Gasteiger partial charge on any atom is 0.408 e. The minimum absolute atomic E-state index is 0.0185. The van der Waals surface area contributed by atoms with Crippen LogP contribution in [-0.4, -0.2) is 29.7 Å². The molecule has 0 bridgehead atoms. The molecule has 0 saturated carbocycles. The number of carbonyl (C=O) groups excluding carboxylic acids is 3. The second kappa shape index (κ2) is 11.2. The van der Waals surface area contributed by atoms with Crippen molar-refractivity contribution in [2.45, 2.75) is 59.0 Å². The highest BCUT2D eigenvalue weighted by Crippen LogP contribution is 2.10. The van der Waals surface area contributed by atoms with E-state index in [9.17, 15) is 14.4 Å². The van der Waals surface area contributed by atoms with Gasteiger partial charge in [-0.25, -0.2) is 9.59 Å². The second-order valence-corrected chi connectivity index (χ2v) is 8.14. The first-order valence-electron chi connectivity index (χ1n) is 10.0. The van der Waals surface area contributed by atoms with Gasteiger partial charge in [0.05, 0.1) is 6.42 Å². The van der Waals surface area contributed by atoms with Crippen LogP contribution >= 0.6 is 0 Å². The number of hydrogen-bond donors (Lipinski definition) is 1. The summed E-state index contributed by atoms with van der Waals surface area (Å²) in [5.41, 5.74) is 1.94. The summed E-state index contributed by atoms with van der Waals surface area (Å²) in [6.07, 6.45) is -1.20. The van der Waals surface area contributed by atoms with Crippen LogP contribution in [0.2, 0.25) is 0 Å². The predicted molar refractivity (Wildman–Crippen MR) is 115 cm³/mol. The molecule has 2 aromatic rings. The number of ether oxygens (including phenoxy) is 3. The number of benzene rings is 2. The summed E-state index contributed by atoms with van der Waals surface area (Å²) in [7, 11) is 0. The molecule has 0 fully saturated rings. The Balaban J connectivity index is 1.98. The van der Waals surface area contributed by atoms with Crippen molar-refractivity contribution in [2.24, 2.45) is 0 Å². The van der Waals surface area contributed by atoms with Crippen LogP contribution in [-0.2, 0) is 37.0 Å². The van der Waals surface area contributed by atoms with Gasteiger partial charge in [0, 0.05) is 0 Å². The molecule has 1 amide bonds. The molecule has 166 valence electrons. The van der Waals surface area contributed by atoms with E-state index in [1.165, 1.54) is 0 Å². The van der Waals surface area contributed by atoms with Gasteiger partial charge in [-0.05, 0) is 38.8 Å². The van der Waals surface area contributed by atoms with Crippen LogP contribution < -0.4 is 5.32 Å². The summed E-state index contributed by atoms with van der Waals surface area (Å²) >= 11 is 0. The molecule has 2 rings (SSSR count). The van der Waals surface area contributed by atoms with Crippen molar-refractivity contribution >= 4 is 18.0 Å². The number of hydrogen-bond acceptors (Lipinski definition) is 6. The molecule has 0 aliphatic rings. The van der Waals surface area contributed by atoms with Crippen molar-refractivity contribution in [3.8, 4) is 0 Å². The Bertz CT molecular complexity index is 871. The van der Waals surface area contributed by atoms with Gasteiger partial charge in [0.15, 0.2) is 0 Å². The molecule has 31 heavy (non-hydrogen) atoms. The van der Waals surface area contributed by atoms with E-state index in [2.05, 4.69) is 5.32 Å². The summed E-state index contributed by atoms with van der Waals surface area (Å²) < 4.78 is 15.7. The van der Waals surface area contributed by atoms with E-state index in [0.717, 1.165) is 16.7 Å². The van der Waals surface area contributed by atoms with Crippen LogP contribution in [0, 0.1) is 6.92 Å². The van der Waals surface area contributed by atoms with Crippen LogP contribution in [0.25, 0.3) is 0 Å². The fourth-order valence-corrected chi connectivity index (χ4v) is 2.55. The molecule has 7 nitrogen and oxygen atoms in total. The standard InChI is InChI=1S/C24H29NO6/c1-17-10-12-19(13-11-17)16-30-22(27)20(25-23(28)31-24(2,3)4)14-21(26)29-15-18-8-6-5-7-9-18/h5-13,20H,14-16H2,1-4H3,(H,25,28)/t20-/m1/s1. The lowest BCUT2D eigenvalue weighted by Crippen LogP contribution is -2.45. The molecule has 0 unspecified atom stereocenters. The smallest absolute Gasteiger partial charge is 0.408 e. The van der Waals surface area contributed by atoms with E-state index in [-0.39, 0.29) is 19.6 Å². The monoisotopic (exact) mass is 427 g/mol. The molecule has 0 spiro atoms. The lowest BCUT2D eigenvalue weighted by Gasteiger charge is -2.22. The van der Waals surface area contributed by atoms with E-state index in [1.807, 2.05) is 61.5 Å². The summed E-state index contributed by atoms with van der Waals surface area (Å²) in [5.74, 6) is -1.39. The van der Waals surface area contributed by atoms with Crippen molar-refractivity contribution in [1.29, 1.82) is 0 Å². The molecule has 0 radical (unpaired) electrons. The lowest BCUT2D eigenvalue weighted by molar-refractivity contribution is -0.154. The van der Waals surface area contributed by atoms with Crippen molar-refractivity contribution in [3.63, 3.8) is 0 Å². The van der Waals surface area contributed by atoms with Crippen LogP contribution in [0.1, 0.15) is 43.9 Å². The molecule has 0 aliphatic heterocycles. The average Bonchev–Trinajstić information content (AvgIpc) is 2.70. The van der Waals surface area contributed by atoms with Gasteiger partial charge in [0.2, 0.25) is 0 Å². The number of carbonyl (C=O) groups is 3. The minimum atomic E-state index is -1.23. The number of nitrogens with one attached hydrogen (secondary N) is 1. The molecule has 1 N–H and O–H groups in total. The van der Waals surface area contributed by atoms with Gasteiger partial charge in [-0.3, -0.25) is 4.79 Å². The van der Waals surface area contributed by atoms with Gasteiger partial charge in [-0.2, -0.15) is 0 Å². The SMILES string of the molecule is Cc1ccc(COC(=O)[C@@H](CC(=O)OCc2ccccc2)NC(=O)OC(C)(C)C)cc1. The Kier molecular flexibility index (Phi) is 8.61. The molecular weight excluding hydrogens is 398 g/mol. The third kappa shape index (κ3) is 9.33. The van der Waals surface area contributed by atoms with Crippen LogP contribution in [0.3, 0.4) is 0 Å². The summed E-state index contributed by atoms with van der Waals surface area (Å²) in [6.45, 7) is 7.14. The zero-order valence-corrected chi connectivity index (χ0v) is 18.3. The Morgan fingerprint density at radius 1 is 0.871 bits per heavy atom. The topological polar surface area (TPSA) is 90.9 Å². The Labute approximate surface area is 182 Å². The maximum atomic E-state index is 12.6. The molecule has 0 heterocycles. The van der Waals surface area contributed by atoms with Gasteiger partial charge in [-0.1, -0.05) is 60.2 Å². The van der Waals surface area contributed by atoms with Gasteiger partial charge < -0.3 is 19.5 Å². The number of aryl methyl sites for hydroxylation is 1. The van der Waals surface area contributed by atoms with Gasteiger partial charge in [0.1, 0.15) is 24.9 Å². The van der Waals surface area contributed by atoms with Crippen molar-refractivity contribution in [2.75, 3.05) is 0 Å². The third-order valence-electron chi connectivity index (χ3n) is 4.09. The molecule has 0 saturated heterocycles. The van der Waals surface area contributed by atoms with E-state index in [1.54, 1.807) is 20.8 Å². The zero-order valence-electron chi connectivity index (χ0n) is 18.3. The van der Waals surface area contributed by atoms with E-state index in [0.29, 0.717) is 0 Å². The first kappa shape index (κ1) is 23.9. The quantitative estimate of drug-likeness (QED) is 0.505. The van der Waals surface area contributed by atoms with E-state index < -0.39 is 29.7 Å². The fourth-order valence-electron chi connectivity index (χ4n) is 2.55. The number of esters is 2.